The molecule has 1 heterocycles. The zero-order valence-corrected chi connectivity index (χ0v) is 19.9. The van der Waals surface area contributed by atoms with Gasteiger partial charge in [-0.15, -0.1) is 0 Å². The van der Waals surface area contributed by atoms with Gasteiger partial charge in [0.2, 0.25) is 23.6 Å². The van der Waals surface area contributed by atoms with Crippen LogP contribution in [0.25, 0.3) is 0 Å². The largest absolute Gasteiger partial charge is 0.508 e. The number of benzene rings is 1. The van der Waals surface area contributed by atoms with Gasteiger partial charge in [-0.05, 0) is 43.5 Å². The molecule has 0 saturated carbocycles. The second-order valence-electron chi connectivity index (χ2n) is 8.23. The van der Waals surface area contributed by atoms with Gasteiger partial charge in [0.1, 0.15) is 23.9 Å². The number of carbonyl (C=O) groups excluding carboxylic acids is 4. The van der Waals surface area contributed by atoms with E-state index in [2.05, 4.69) is 33.9 Å². The monoisotopic (exact) mass is 509 g/mol. The number of thiol groups is 1. The van der Waals surface area contributed by atoms with Crippen LogP contribution in [0.1, 0.15) is 31.2 Å². The molecule has 35 heavy (non-hydrogen) atoms. The number of carboxylic acids is 1. The van der Waals surface area contributed by atoms with E-state index < -0.39 is 47.9 Å². The lowest BCUT2D eigenvalue weighted by atomic mass is 10.0. The van der Waals surface area contributed by atoms with Gasteiger partial charge in [-0.25, -0.2) is 4.79 Å². The Bertz CT molecular complexity index is 921. The summed E-state index contributed by atoms with van der Waals surface area (Å²) in [6.45, 7) is 0.695. The molecule has 1 fully saturated rings. The summed E-state index contributed by atoms with van der Waals surface area (Å²) in [7, 11) is 0. The van der Waals surface area contributed by atoms with Gasteiger partial charge >= 0.3 is 5.97 Å². The summed E-state index contributed by atoms with van der Waals surface area (Å²) < 4.78 is 0. The van der Waals surface area contributed by atoms with E-state index in [-0.39, 0.29) is 36.7 Å². The van der Waals surface area contributed by atoms with Crippen molar-refractivity contribution >= 4 is 42.2 Å². The Morgan fingerprint density at radius 3 is 2.20 bits per heavy atom. The zero-order valence-electron chi connectivity index (χ0n) is 19.0. The summed E-state index contributed by atoms with van der Waals surface area (Å²) in [4.78, 5) is 61.1. The summed E-state index contributed by atoms with van der Waals surface area (Å²) in [6, 6.07) is 1.72. The summed E-state index contributed by atoms with van der Waals surface area (Å²) in [6.07, 6.45) is 0.976. The lowest BCUT2D eigenvalue weighted by Crippen LogP contribution is -2.57. The quantitative estimate of drug-likeness (QED) is 0.146. The van der Waals surface area contributed by atoms with Crippen molar-refractivity contribution in [3.05, 3.63) is 29.8 Å². The van der Waals surface area contributed by atoms with Crippen molar-refractivity contribution in [1.82, 2.24) is 21.3 Å². The molecule has 0 radical (unpaired) electrons. The third-order valence-corrected chi connectivity index (χ3v) is 5.86. The normalized spacial score (nSPS) is 17.6. The maximum atomic E-state index is 12.9. The van der Waals surface area contributed by atoms with E-state index in [1.54, 1.807) is 0 Å². The molecule has 0 bridgehead atoms. The number of carboxylic acid groups (broad SMARTS) is 1. The average Bonchev–Trinajstić information content (AvgIpc) is 3.35. The number of nitrogens with one attached hydrogen (secondary N) is 4. The summed E-state index contributed by atoms with van der Waals surface area (Å²) in [5, 5.41) is 29.4. The molecule has 1 aromatic carbocycles. The smallest absolute Gasteiger partial charge is 0.326 e. The third-order valence-electron chi connectivity index (χ3n) is 5.50. The van der Waals surface area contributed by atoms with Crippen molar-refractivity contribution in [1.29, 1.82) is 0 Å². The molecule has 0 aromatic heterocycles. The van der Waals surface area contributed by atoms with Crippen LogP contribution in [0.3, 0.4) is 0 Å². The molecule has 12 nitrogen and oxygen atoms in total. The molecule has 2 rings (SSSR count). The second-order valence-corrected chi connectivity index (χ2v) is 8.59. The molecular weight excluding hydrogens is 478 g/mol. The van der Waals surface area contributed by atoms with E-state index in [4.69, 9.17) is 5.73 Å². The van der Waals surface area contributed by atoms with Gasteiger partial charge in [0.05, 0.1) is 6.04 Å². The van der Waals surface area contributed by atoms with E-state index in [9.17, 15) is 34.2 Å². The molecule has 4 atom stereocenters. The molecule has 13 heteroatoms. The van der Waals surface area contributed by atoms with Crippen LogP contribution in [0.2, 0.25) is 0 Å². The average molecular weight is 510 g/mol. The van der Waals surface area contributed by atoms with Crippen molar-refractivity contribution < 1.29 is 34.2 Å². The molecule has 192 valence electrons. The fourth-order valence-electron chi connectivity index (χ4n) is 3.54. The topological polar surface area (TPSA) is 200 Å². The van der Waals surface area contributed by atoms with E-state index in [1.807, 2.05) is 0 Å². The van der Waals surface area contributed by atoms with E-state index in [0.29, 0.717) is 18.5 Å². The van der Waals surface area contributed by atoms with Crippen LogP contribution >= 0.6 is 12.6 Å². The minimum absolute atomic E-state index is 0.00781. The number of aromatic hydroxyl groups is 1. The molecular formula is C22H31N5O7S. The van der Waals surface area contributed by atoms with Crippen molar-refractivity contribution in [2.75, 3.05) is 12.3 Å². The van der Waals surface area contributed by atoms with Gasteiger partial charge in [-0.1, -0.05) is 12.1 Å². The number of aliphatic carboxylic acids is 1. The number of rotatable bonds is 13. The Hall–Kier alpha value is -3.32. The fraction of sp³-hybridized carbons (Fsp3) is 0.500. The third kappa shape index (κ3) is 9.09. The Labute approximate surface area is 207 Å². The molecule has 1 aromatic rings. The van der Waals surface area contributed by atoms with Gasteiger partial charge in [0.25, 0.3) is 0 Å². The molecule has 1 saturated heterocycles. The first-order valence-electron chi connectivity index (χ1n) is 11.1. The number of primary amides is 1. The first kappa shape index (κ1) is 27.9. The van der Waals surface area contributed by atoms with Gasteiger partial charge in [0.15, 0.2) is 0 Å². The zero-order chi connectivity index (χ0) is 26.0. The molecule has 0 aliphatic carbocycles. The minimum Gasteiger partial charge on any atom is -0.508 e. The number of phenolic OH excluding ortho intramolecular Hbond substituents is 1. The lowest BCUT2D eigenvalue weighted by Gasteiger charge is -2.24. The van der Waals surface area contributed by atoms with Crippen LogP contribution < -0.4 is 27.0 Å². The van der Waals surface area contributed by atoms with Gasteiger partial charge in [-0.3, -0.25) is 19.2 Å². The fourth-order valence-corrected chi connectivity index (χ4v) is 3.80. The Kier molecular flexibility index (Phi) is 10.8. The van der Waals surface area contributed by atoms with Gasteiger partial charge in [0, 0.05) is 18.6 Å². The van der Waals surface area contributed by atoms with Gasteiger partial charge < -0.3 is 37.2 Å². The second kappa shape index (κ2) is 13.5. The lowest BCUT2D eigenvalue weighted by molar-refractivity contribution is -0.142. The number of hydrogen-bond acceptors (Lipinski definition) is 8. The molecule has 1 aliphatic heterocycles. The summed E-state index contributed by atoms with van der Waals surface area (Å²) >= 11 is 4.11. The SMILES string of the molecule is NC(=O)CCC(NC(=O)C(CS)NC(=O)C1CCCN1)C(=O)NC(Cc1ccc(O)cc1)C(=O)O. The molecule has 4 unspecified atom stereocenters. The first-order valence-corrected chi connectivity index (χ1v) is 11.8. The Balaban J connectivity index is 2.07. The highest BCUT2D eigenvalue weighted by Gasteiger charge is 2.31. The summed E-state index contributed by atoms with van der Waals surface area (Å²) in [5.41, 5.74) is 5.73. The first-order chi connectivity index (χ1) is 16.6. The van der Waals surface area contributed by atoms with Crippen LogP contribution in [-0.2, 0) is 30.4 Å². The predicted octanol–water partition coefficient (Wildman–Crippen LogP) is -1.58. The molecule has 4 amide bonds. The van der Waals surface area contributed by atoms with Crippen LogP contribution in [-0.4, -0.2) is 76.3 Å². The number of carbonyl (C=O) groups is 5. The van der Waals surface area contributed by atoms with Crippen molar-refractivity contribution in [2.45, 2.75) is 56.3 Å². The Morgan fingerprint density at radius 1 is 1.03 bits per heavy atom. The standard InChI is InChI=1S/C22H31N5O7S/c23-18(29)8-7-15(25-21(32)17(11-35)27-19(30)14-2-1-9-24-14)20(31)26-16(22(33)34)10-12-3-5-13(28)6-4-12/h3-6,14-17,24,28,35H,1-2,7-11H2,(H2,23,29)(H,25,32)(H,26,31)(H,27,30)(H,33,34). The Morgan fingerprint density at radius 2 is 1.66 bits per heavy atom. The van der Waals surface area contributed by atoms with E-state index in [1.165, 1.54) is 24.3 Å². The molecule has 8 N–H and O–H groups in total. The number of phenols is 1. The maximum absolute atomic E-state index is 12.9. The van der Waals surface area contributed by atoms with Crippen LogP contribution in [0, 0.1) is 0 Å². The van der Waals surface area contributed by atoms with E-state index >= 15 is 0 Å². The molecule has 0 spiro atoms. The van der Waals surface area contributed by atoms with Crippen molar-refractivity contribution in [3.8, 4) is 5.75 Å². The van der Waals surface area contributed by atoms with Crippen molar-refractivity contribution in [2.24, 2.45) is 5.73 Å². The maximum Gasteiger partial charge on any atom is 0.326 e. The van der Waals surface area contributed by atoms with Crippen LogP contribution in [0.5, 0.6) is 5.75 Å². The highest BCUT2D eigenvalue weighted by Crippen LogP contribution is 2.12. The highest BCUT2D eigenvalue weighted by atomic mass is 32.1. The number of nitrogens with two attached hydrogens (primary N) is 1. The minimum atomic E-state index is -1.34. The predicted molar refractivity (Wildman–Crippen MR) is 129 cm³/mol. The van der Waals surface area contributed by atoms with Crippen LogP contribution in [0.4, 0.5) is 0 Å². The van der Waals surface area contributed by atoms with Crippen LogP contribution in [0.15, 0.2) is 24.3 Å². The van der Waals surface area contributed by atoms with E-state index in [0.717, 1.165) is 6.42 Å². The van der Waals surface area contributed by atoms with Crippen molar-refractivity contribution in [3.63, 3.8) is 0 Å². The molecule has 1 aliphatic rings. The van der Waals surface area contributed by atoms with Gasteiger partial charge in [-0.2, -0.15) is 12.6 Å². The number of amides is 4. The number of hydrogen-bond donors (Lipinski definition) is 8. The summed E-state index contributed by atoms with van der Waals surface area (Å²) in [5.74, 6) is -3.96. The highest BCUT2D eigenvalue weighted by molar-refractivity contribution is 7.80.